The third-order valence-electron chi connectivity index (χ3n) is 2.50. The van der Waals surface area contributed by atoms with Crippen molar-refractivity contribution < 1.29 is 14.7 Å². The van der Waals surface area contributed by atoms with E-state index in [1.165, 1.54) is 11.3 Å². The molecule has 1 fully saturated rings. The van der Waals surface area contributed by atoms with Crippen LogP contribution in [-0.4, -0.2) is 23.1 Å². The maximum absolute atomic E-state index is 11.5. The summed E-state index contributed by atoms with van der Waals surface area (Å²) in [5, 5.41) is 14.8. The summed E-state index contributed by atoms with van der Waals surface area (Å²) < 4.78 is 0. The first kappa shape index (κ1) is 11.9. The van der Waals surface area contributed by atoms with Crippen LogP contribution in [-0.2, 0) is 6.42 Å². The first-order valence-electron chi connectivity index (χ1n) is 5.53. The van der Waals surface area contributed by atoms with Crippen molar-refractivity contribution in [3.8, 4) is 0 Å². The highest BCUT2D eigenvalue weighted by atomic mass is 32.1. The Bertz CT molecular complexity index is 452. The number of carbonyl (C=O) groups excluding carboxylic acids is 1. The summed E-state index contributed by atoms with van der Waals surface area (Å²) in [6.45, 7) is 1.95. The number of anilines is 1. The molecule has 0 radical (unpaired) electrons. The van der Waals surface area contributed by atoms with Crippen LogP contribution in [0.1, 0.15) is 35.0 Å². The second-order valence-corrected chi connectivity index (χ2v) is 5.12. The lowest BCUT2D eigenvalue weighted by molar-refractivity contribution is 0.0698. The van der Waals surface area contributed by atoms with Gasteiger partial charge in [-0.25, -0.2) is 9.59 Å². The van der Waals surface area contributed by atoms with Gasteiger partial charge in [0.1, 0.15) is 5.00 Å². The Labute approximate surface area is 103 Å². The molecular weight excluding hydrogens is 240 g/mol. The Hall–Kier alpha value is -1.56. The molecule has 5 nitrogen and oxygen atoms in total. The van der Waals surface area contributed by atoms with E-state index in [9.17, 15) is 9.59 Å². The van der Waals surface area contributed by atoms with Crippen molar-refractivity contribution in [3.63, 3.8) is 0 Å². The number of urea groups is 1. The van der Waals surface area contributed by atoms with E-state index in [0.29, 0.717) is 5.00 Å². The van der Waals surface area contributed by atoms with Gasteiger partial charge in [0.2, 0.25) is 0 Å². The van der Waals surface area contributed by atoms with Crippen molar-refractivity contribution in [3.05, 3.63) is 16.5 Å². The normalized spacial score (nSPS) is 14.4. The van der Waals surface area contributed by atoms with Gasteiger partial charge in [0.25, 0.3) is 0 Å². The highest BCUT2D eigenvalue weighted by molar-refractivity contribution is 7.16. The highest BCUT2D eigenvalue weighted by Crippen LogP contribution is 2.29. The molecule has 6 heteroatoms. The van der Waals surface area contributed by atoms with Gasteiger partial charge in [0.05, 0.1) is 5.56 Å². The number of carbonyl (C=O) groups is 2. The van der Waals surface area contributed by atoms with Gasteiger partial charge in [-0.1, -0.05) is 6.92 Å². The maximum atomic E-state index is 11.5. The van der Waals surface area contributed by atoms with Gasteiger partial charge < -0.3 is 10.4 Å². The van der Waals surface area contributed by atoms with Crippen LogP contribution in [0.5, 0.6) is 0 Å². The zero-order chi connectivity index (χ0) is 12.4. The number of carboxylic acid groups (broad SMARTS) is 1. The molecule has 2 amide bonds. The Morgan fingerprint density at radius 2 is 2.24 bits per heavy atom. The molecule has 0 bridgehead atoms. The summed E-state index contributed by atoms with van der Waals surface area (Å²) in [5.41, 5.74) is 0.165. The van der Waals surface area contributed by atoms with Gasteiger partial charge in [-0.3, -0.25) is 5.32 Å². The molecule has 1 aromatic rings. The Balaban J connectivity index is 2.09. The smallest absolute Gasteiger partial charge is 0.338 e. The lowest BCUT2D eigenvalue weighted by atomic mass is 10.2. The van der Waals surface area contributed by atoms with E-state index in [4.69, 9.17) is 5.11 Å². The lowest BCUT2D eigenvalue weighted by Crippen LogP contribution is -2.30. The molecule has 92 valence electrons. The van der Waals surface area contributed by atoms with Crippen LogP contribution in [0, 0.1) is 0 Å². The number of amides is 2. The number of carboxylic acids is 1. The molecule has 0 saturated heterocycles. The average molecular weight is 254 g/mol. The molecule has 1 heterocycles. The lowest BCUT2D eigenvalue weighted by Gasteiger charge is -2.04. The first-order valence-corrected chi connectivity index (χ1v) is 6.35. The van der Waals surface area contributed by atoms with E-state index >= 15 is 0 Å². The van der Waals surface area contributed by atoms with Crippen molar-refractivity contribution in [2.75, 3.05) is 5.32 Å². The van der Waals surface area contributed by atoms with Crippen LogP contribution in [0.3, 0.4) is 0 Å². The fraction of sp³-hybridized carbons (Fsp3) is 0.455. The maximum Gasteiger partial charge on any atom is 0.338 e. The van der Waals surface area contributed by atoms with Crippen molar-refractivity contribution in [1.29, 1.82) is 0 Å². The quantitative estimate of drug-likeness (QED) is 0.771. The van der Waals surface area contributed by atoms with E-state index in [1.807, 2.05) is 6.92 Å². The molecule has 0 spiro atoms. The second kappa shape index (κ2) is 4.75. The van der Waals surface area contributed by atoms with Gasteiger partial charge in [0, 0.05) is 10.9 Å². The summed E-state index contributed by atoms with van der Waals surface area (Å²) in [6.07, 6.45) is 2.77. The Morgan fingerprint density at radius 1 is 1.53 bits per heavy atom. The van der Waals surface area contributed by atoms with Crippen LogP contribution in [0.2, 0.25) is 0 Å². The second-order valence-electron chi connectivity index (χ2n) is 3.99. The molecule has 1 aliphatic rings. The number of nitrogens with one attached hydrogen (secondary N) is 2. The monoisotopic (exact) mass is 254 g/mol. The number of rotatable bonds is 4. The molecule has 0 atom stereocenters. The highest BCUT2D eigenvalue weighted by Gasteiger charge is 2.24. The fourth-order valence-corrected chi connectivity index (χ4v) is 2.40. The molecule has 1 saturated carbocycles. The minimum absolute atomic E-state index is 0.165. The number of aryl methyl sites for hydroxylation is 1. The molecule has 0 unspecified atom stereocenters. The summed E-state index contributed by atoms with van der Waals surface area (Å²) in [5.74, 6) is -1.01. The zero-order valence-corrected chi connectivity index (χ0v) is 10.3. The standard InChI is InChI=1S/C11H14N2O3S/c1-2-7-5-8(10(14)15)9(17-7)13-11(16)12-6-3-4-6/h5-6H,2-4H2,1H3,(H,14,15)(H2,12,13,16). The zero-order valence-electron chi connectivity index (χ0n) is 9.45. The van der Waals surface area contributed by atoms with Gasteiger partial charge in [-0.05, 0) is 25.3 Å². The molecule has 0 aliphatic heterocycles. The van der Waals surface area contributed by atoms with Crippen LogP contribution in [0.4, 0.5) is 9.80 Å². The molecule has 3 N–H and O–H groups in total. The minimum atomic E-state index is -1.01. The summed E-state index contributed by atoms with van der Waals surface area (Å²) in [6, 6.07) is 1.55. The molecule has 1 aliphatic carbocycles. The Kier molecular flexibility index (Phi) is 3.33. The van der Waals surface area contributed by atoms with E-state index in [1.54, 1.807) is 6.07 Å². The number of aromatic carboxylic acids is 1. The number of hydrogen-bond acceptors (Lipinski definition) is 3. The summed E-state index contributed by atoms with van der Waals surface area (Å²) in [4.78, 5) is 23.5. The molecule has 2 rings (SSSR count). The van der Waals surface area contributed by atoms with Crippen molar-refractivity contribution in [2.45, 2.75) is 32.2 Å². The predicted molar refractivity (Wildman–Crippen MR) is 65.8 cm³/mol. The summed E-state index contributed by atoms with van der Waals surface area (Å²) >= 11 is 1.31. The predicted octanol–water partition coefficient (Wildman–Crippen LogP) is 2.29. The molecule has 0 aromatic carbocycles. The van der Waals surface area contributed by atoms with E-state index in [-0.39, 0.29) is 17.6 Å². The fourth-order valence-electron chi connectivity index (χ4n) is 1.42. The van der Waals surface area contributed by atoms with Gasteiger partial charge in [0.15, 0.2) is 0 Å². The van der Waals surface area contributed by atoms with E-state index in [0.717, 1.165) is 24.1 Å². The SMILES string of the molecule is CCc1cc(C(=O)O)c(NC(=O)NC2CC2)s1. The Morgan fingerprint density at radius 3 is 2.76 bits per heavy atom. The van der Waals surface area contributed by atoms with Crippen molar-refractivity contribution in [2.24, 2.45) is 0 Å². The largest absolute Gasteiger partial charge is 0.478 e. The molecule has 1 aromatic heterocycles. The molecular formula is C11H14N2O3S. The number of hydrogen-bond donors (Lipinski definition) is 3. The third kappa shape index (κ3) is 2.97. The topological polar surface area (TPSA) is 78.4 Å². The van der Waals surface area contributed by atoms with Crippen LogP contribution < -0.4 is 10.6 Å². The van der Waals surface area contributed by atoms with Gasteiger partial charge in [-0.15, -0.1) is 11.3 Å². The number of thiophene rings is 1. The molecule has 17 heavy (non-hydrogen) atoms. The first-order chi connectivity index (χ1) is 8.10. The third-order valence-corrected chi connectivity index (χ3v) is 3.70. The summed E-state index contributed by atoms with van der Waals surface area (Å²) in [7, 11) is 0. The van der Waals surface area contributed by atoms with Gasteiger partial charge >= 0.3 is 12.0 Å². The van der Waals surface area contributed by atoms with E-state index in [2.05, 4.69) is 10.6 Å². The van der Waals surface area contributed by atoms with E-state index < -0.39 is 5.97 Å². The van der Waals surface area contributed by atoms with Crippen LogP contribution in [0.25, 0.3) is 0 Å². The average Bonchev–Trinajstić information content (AvgIpc) is 2.96. The minimum Gasteiger partial charge on any atom is -0.478 e. The van der Waals surface area contributed by atoms with Crippen LogP contribution >= 0.6 is 11.3 Å². The van der Waals surface area contributed by atoms with Gasteiger partial charge in [-0.2, -0.15) is 0 Å². The van der Waals surface area contributed by atoms with Crippen molar-refractivity contribution >= 4 is 28.3 Å². The van der Waals surface area contributed by atoms with Crippen molar-refractivity contribution in [1.82, 2.24) is 5.32 Å². The van der Waals surface area contributed by atoms with Crippen LogP contribution in [0.15, 0.2) is 6.07 Å².